The molecule has 0 rings (SSSR count). The predicted octanol–water partition coefficient (Wildman–Crippen LogP) is 0.782. The lowest BCUT2D eigenvalue weighted by Gasteiger charge is -2.07. The number of carbonyl (C=O) groups excluding carboxylic acids is 1. The van der Waals surface area contributed by atoms with Crippen molar-refractivity contribution in [1.29, 1.82) is 0 Å². The molecule has 0 spiro atoms. The van der Waals surface area contributed by atoms with Crippen LogP contribution in [0.1, 0.15) is 13.8 Å². The van der Waals surface area contributed by atoms with Crippen LogP contribution in [0.4, 0.5) is 0 Å². The Morgan fingerprint density at radius 3 is 2.33 bits per heavy atom. The molecule has 52 valence electrons. The second-order valence-corrected chi connectivity index (χ2v) is 2.20. The summed E-state index contributed by atoms with van der Waals surface area (Å²) in [4.78, 5) is 19.6. The van der Waals surface area contributed by atoms with E-state index < -0.39 is 0 Å². The summed E-state index contributed by atoms with van der Waals surface area (Å²) in [5.74, 6) is 0.285. The third-order valence-corrected chi connectivity index (χ3v) is 0.779. The van der Waals surface area contributed by atoms with Gasteiger partial charge in [-0.1, -0.05) is 13.8 Å². The molecule has 0 aliphatic carbocycles. The first-order valence-electron chi connectivity index (χ1n) is 2.76. The maximum atomic E-state index is 9.90. The average molecular weight is 130 g/mol. The van der Waals surface area contributed by atoms with Crippen molar-refractivity contribution < 1.29 is 4.79 Å². The molecular formula is C5H10N2O2. The molecule has 0 bridgehead atoms. The van der Waals surface area contributed by atoms with E-state index in [0.29, 0.717) is 13.0 Å². The first kappa shape index (κ1) is 8.07. The van der Waals surface area contributed by atoms with Gasteiger partial charge in [0, 0.05) is 6.54 Å². The minimum atomic E-state index is 0.285. The quantitative estimate of drug-likeness (QED) is 0.321. The highest BCUT2D eigenvalue weighted by Crippen LogP contribution is 1.94. The molecule has 0 heterocycles. The van der Waals surface area contributed by atoms with Crippen LogP contribution in [0.25, 0.3) is 0 Å². The normalized spacial score (nSPS) is 9.22. The average Bonchev–Trinajstić information content (AvgIpc) is 1.82. The van der Waals surface area contributed by atoms with Crippen molar-refractivity contribution in [1.82, 2.24) is 5.01 Å². The maximum Gasteiger partial charge on any atom is 0.232 e. The van der Waals surface area contributed by atoms with Crippen molar-refractivity contribution in [3.05, 3.63) is 4.91 Å². The molecule has 0 atom stereocenters. The fraction of sp³-hybridized carbons (Fsp3) is 0.800. The third kappa shape index (κ3) is 3.64. The van der Waals surface area contributed by atoms with E-state index in [1.165, 1.54) is 0 Å². The van der Waals surface area contributed by atoms with Gasteiger partial charge in [0.05, 0.1) is 5.29 Å². The zero-order valence-electron chi connectivity index (χ0n) is 5.57. The van der Waals surface area contributed by atoms with Crippen molar-refractivity contribution in [3.63, 3.8) is 0 Å². The van der Waals surface area contributed by atoms with Crippen molar-refractivity contribution >= 4 is 6.41 Å². The molecule has 0 unspecified atom stereocenters. The summed E-state index contributed by atoms with van der Waals surface area (Å²) in [5, 5.41) is 3.30. The molecule has 4 nitrogen and oxygen atoms in total. The van der Waals surface area contributed by atoms with Crippen LogP contribution < -0.4 is 0 Å². The van der Waals surface area contributed by atoms with E-state index in [1.54, 1.807) is 0 Å². The van der Waals surface area contributed by atoms with Gasteiger partial charge in [-0.2, -0.15) is 5.01 Å². The van der Waals surface area contributed by atoms with Gasteiger partial charge in [-0.3, -0.25) is 4.79 Å². The van der Waals surface area contributed by atoms with E-state index in [-0.39, 0.29) is 5.92 Å². The van der Waals surface area contributed by atoms with Crippen molar-refractivity contribution in [3.8, 4) is 0 Å². The van der Waals surface area contributed by atoms with Crippen molar-refractivity contribution in [2.45, 2.75) is 13.8 Å². The zero-order valence-corrected chi connectivity index (χ0v) is 5.57. The number of hydrogen-bond acceptors (Lipinski definition) is 3. The predicted molar refractivity (Wildman–Crippen MR) is 33.4 cm³/mol. The van der Waals surface area contributed by atoms with Gasteiger partial charge >= 0.3 is 0 Å². The molecule has 0 fully saturated rings. The maximum absolute atomic E-state index is 9.90. The van der Waals surface area contributed by atoms with E-state index in [1.807, 2.05) is 13.8 Å². The topological polar surface area (TPSA) is 49.7 Å². The number of rotatable bonds is 4. The van der Waals surface area contributed by atoms with Crippen molar-refractivity contribution in [2.75, 3.05) is 6.54 Å². The molecule has 0 aromatic heterocycles. The largest absolute Gasteiger partial charge is 0.277 e. The second kappa shape index (κ2) is 4.00. The Bertz CT molecular complexity index is 95.1. The van der Waals surface area contributed by atoms with Crippen LogP contribution >= 0.6 is 0 Å². The first-order chi connectivity index (χ1) is 4.20. The highest BCUT2D eigenvalue weighted by atomic mass is 16.3. The molecule has 0 radical (unpaired) electrons. The number of nitroso groups, excluding NO2 is 1. The summed E-state index contributed by atoms with van der Waals surface area (Å²) >= 11 is 0. The van der Waals surface area contributed by atoms with E-state index in [2.05, 4.69) is 5.29 Å². The second-order valence-electron chi connectivity index (χ2n) is 2.20. The lowest BCUT2D eigenvalue weighted by molar-refractivity contribution is -0.118. The van der Waals surface area contributed by atoms with Crippen LogP contribution in [0.2, 0.25) is 0 Å². The number of amides is 1. The highest BCUT2D eigenvalue weighted by Gasteiger charge is 2.01. The van der Waals surface area contributed by atoms with Crippen LogP contribution in [0.3, 0.4) is 0 Å². The Labute approximate surface area is 53.8 Å². The Morgan fingerprint density at radius 1 is 1.67 bits per heavy atom. The van der Waals surface area contributed by atoms with Gasteiger partial charge in [0.2, 0.25) is 6.41 Å². The number of carbonyl (C=O) groups is 1. The van der Waals surface area contributed by atoms with Gasteiger partial charge < -0.3 is 0 Å². The molecule has 0 saturated heterocycles. The Morgan fingerprint density at radius 2 is 2.22 bits per heavy atom. The van der Waals surface area contributed by atoms with Crippen LogP contribution in [0.15, 0.2) is 5.29 Å². The summed E-state index contributed by atoms with van der Waals surface area (Å²) in [6, 6.07) is 0. The molecule has 9 heavy (non-hydrogen) atoms. The minimum Gasteiger partial charge on any atom is -0.277 e. The summed E-state index contributed by atoms with van der Waals surface area (Å²) in [5.41, 5.74) is 0. The SMILES string of the molecule is CC(C)CN(C=O)N=O. The molecule has 0 saturated carbocycles. The molecule has 0 aliphatic heterocycles. The highest BCUT2D eigenvalue weighted by molar-refractivity contribution is 5.45. The lowest BCUT2D eigenvalue weighted by Crippen LogP contribution is -2.19. The Balaban J connectivity index is 3.55. The Kier molecular flexibility index (Phi) is 3.59. The monoisotopic (exact) mass is 130 g/mol. The third-order valence-electron chi connectivity index (χ3n) is 0.779. The summed E-state index contributed by atoms with van der Waals surface area (Å²) in [6.45, 7) is 4.20. The lowest BCUT2D eigenvalue weighted by atomic mass is 10.2. The van der Waals surface area contributed by atoms with E-state index in [0.717, 1.165) is 5.01 Å². The number of hydrogen-bond donors (Lipinski definition) is 0. The van der Waals surface area contributed by atoms with E-state index >= 15 is 0 Å². The van der Waals surface area contributed by atoms with Crippen LogP contribution in [0, 0.1) is 10.8 Å². The zero-order chi connectivity index (χ0) is 7.28. The van der Waals surface area contributed by atoms with Crippen LogP contribution in [-0.4, -0.2) is 18.0 Å². The van der Waals surface area contributed by atoms with Gasteiger partial charge in [0.1, 0.15) is 0 Å². The molecule has 4 heteroatoms. The molecule has 1 amide bonds. The molecule has 0 aromatic carbocycles. The van der Waals surface area contributed by atoms with E-state index in [4.69, 9.17) is 0 Å². The van der Waals surface area contributed by atoms with Gasteiger partial charge in [-0.25, -0.2) is 0 Å². The Hall–Kier alpha value is -0.930. The van der Waals surface area contributed by atoms with Gasteiger partial charge in [-0.15, -0.1) is 4.91 Å². The van der Waals surface area contributed by atoms with Gasteiger partial charge in [0.25, 0.3) is 0 Å². The first-order valence-corrected chi connectivity index (χ1v) is 2.76. The molecule has 0 N–H and O–H groups in total. The molecular weight excluding hydrogens is 120 g/mol. The van der Waals surface area contributed by atoms with Crippen molar-refractivity contribution in [2.24, 2.45) is 11.2 Å². The van der Waals surface area contributed by atoms with Gasteiger partial charge in [-0.05, 0) is 5.92 Å². The standard InChI is InChI=1S/C5H10N2O2/c1-5(2)3-7(4-8)6-9/h4-5H,3H2,1-2H3. The van der Waals surface area contributed by atoms with Crippen LogP contribution in [-0.2, 0) is 4.79 Å². The van der Waals surface area contributed by atoms with E-state index in [9.17, 15) is 9.70 Å². The fourth-order valence-electron chi connectivity index (χ4n) is 0.470. The summed E-state index contributed by atoms with van der Waals surface area (Å²) in [6.07, 6.45) is 0.424. The van der Waals surface area contributed by atoms with Gasteiger partial charge in [0.15, 0.2) is 0 Å². The molecule has 0 aliphatic rings. The minimum absolute atomic E-state index is 0.285. The molecule has 0 aromatic rings. The number of nitrogens with zero attached hydrogens (tertiary/aromatic N) is 2. The van der Waals surface area contributed by atoms with Crippen LogP contribution in [0.5, 0.6) is 0 Å². The summed E-state index contributed by atoms with van der Waals surface area (Å²) < 4.78 is 0. The fourth-order valence-corrected chi connectivity index (χ4v) is 0.470. The smallest absolute Gasteiger partial charge is 0.232 e. The summed E-state index contributed by atoms with van der Waals surface area (Å²) in [7, 11) is 0.